The molecule has 0 spiro atoms. The van der Waals surface area contributed by atoms with Crippen LogP contribution in [-0.2, 0) is 0 Å². The van der Waals surface area contributed by atoms with Crippen molar-refractivity contribution >= 4 is 37.3 Å². The van der Waals surface area contributed by atoms with E-state index in [4.69, 9.17) is 8.83 Å². The summed E-state index contributed by atoms with van der Waals surface area (Å²) in [4.78, 5) is 60.1. The molecule has 0 saturated heterocycles. The number of aliphatic hydroxyl groups is 1. The molecule has 0 saturated carbocycles. The van der Waals surface area contributed by atoms with Gasteiger partial charge in [0, 0.05) is 26.5 Å². The molecule has 0 aliphatic heterocycles. The van der Waals surface area contributed by atoms with Crippen molar-refractivity contribution in [1.82, 2.24) is 0 Å². The third-order valence-electron chi connectivity index (χ3n) is 6.17. The molecule has 1 atom stereocenters. The summed E-state index contributed by atoms with van der Waals surface area (Å²) >= 11 is 0. The fraction of sp³-hybridized carbons (Fsp3) is 0.107. The SMILES string of the molecule is CC(=O)c1cc2c(o1)C(=O)c1cccc(O)c1C2=O.CC(O)c1cc2c(o1)C(=O)c1cccc(O)c1C2=O.[B].[H-].[Na+]. The predicted octanol–water partition coefficient (Wildman–Crippen LogP) is 0.513. The summed E-state index contributed by atoms with van der Waals surface area (Å²) in [6.07, 6.45) is -0.914. The Balaban J connectivity index is 0.000000267. The number of hydrogen-bond donors (Lipinski definition) is 3. The third kappa shape index (κ3) is 4.77. The average Bonchev–Trinajstić information content (AvgIpc) is 3.53. The maximum atomic E-state index is 12.3. The molecule has 1 unspecified atom stereocenters. The summed E-state index contributed by atoms with van der Waals surface area (Å²) in [5, 5.41) is 28.9. The van der Waals surface area contributed by atoms with Gasteiger partial charge in [-0.2, -0.15) is 0 Å². The average molecular weight is 549 g/mol. The Labute approximate surface area is 252 Å². The van der Waals surface area contributed by atoms with Crippen LogP contribution in [0.25, 0.3) is 0 Å². The molecule has 195 valence electrons. The monoisotopic (exact) mass is 549 g/mol. The largest absolute Gasteiger partial charge is 1.00 e. The van der Waals surface area contributed by atoms with Gasteiger partial charge >= 0.3 is 29.6 Å². The van der Waals surface area contributed by atoms with Gasteiger partial charge < -0.3 is 25.6 Å². The van der Waals surface area contributed by atoms with E-state index >= 15 is 0 Å². The van der Waals surface area contributed by atoms with Gasteiger partial charge in [0.1, 0.15) is 23.4 Å². The summed E-state index contributed by atoms with van der Waals surface area (Å²) in [5.41, 5.74) is 0.235. The fourth-order valence-corrected chi connectivity index (χ4v) is 4.31. The number of furan rings is 2. The molecular weight excluding hydrogens is 530 g/mol. The van der Waals surface area contributed by atoms with E-state index in [1.54, 1.807) is 0 Å². The van der Waals surface area contributed by atoms with E-state index in [-0.39, 0.29) is 113 Å². The molecule has 0 bridgehead atoms. The van der Waals surface area contributed by atoms with Gasteiger partial charge in [0.05, 0.1) is 22.3 Å². The van der Waals surface area contributed by atoms with Gasteiger partial charge in [0.2, 0.25) is 23.1 Å². The number of benzene rings is 2. The zero-order valence-electron chi connectivity index (χ0n) is 22.5. The standard InChI is InChI=1S/C14H10O5.C14H8O5.B.Na.H/c2*1-6(15)10-5-8-12(17)11-7(3-2-4-9(11)16)13(18)14(8)19-10;;;/h2-6,15-16H,1H3;2-5,16H,1H3;;;/q;;;+1;-1. The number of carbonyl (C=O) groups excluding carboxylic acids is 5. The van der Waals surface area contributed by atoms with Gasteiger partial charge in [0.25, 0.3) is 0 Å². The first-order chi connectivity index (χ1) is 18.0. The molecule has 12 heteroatoms. The molecular formula is C28H19BNaO10. The maximum absolute atomic E-state index is 12.3. The van der Waals surface area contributed by atoms with Gasteiger partial charge in [-0.05, 0) is 43.3 Å². The number of Topliss-reactive ketones (excluding diaryl/α,β-unsaturated/α-hetero) is 1. The second kappa shape index (κ2) is 11.2. The van der Waals surface area contributed by atoms with E-state index in [1.807, 2.05) is 0 Å². The summed E-state index contributed by atoms with van der Waals surface area (Å²) in [6, 6.07) is 11.1. The van der Waals surface area contributed by atoms with Crippen molar-refractivity contribution in [2.24, 2.45) is 0 Å². The Bertz CT molecular complexity index is 1730. The van der Waals surface area contributed by atoms with Crippen LogP contribution < -0.4 is 29.6 Å². The second-order valence-corrected chi connectivity index (χ2v) is 8.69. The van der Waals surface area contributed by atoms with Gasteiger partial charge in [-0.1, -0.05) is 12.1 Å². The number of phenols is 2. The number of rotatable bonds is 2. The first-order valence-electron chi connectivity index (χ1n) is 11.3. The number of fused-ring (bicyclic) bond motifs is 4. The van der Waals surface area contributed by atoms with Gasteiger partial charge in [-0.15, -0.1) is 0 Å². The fourth-order valence-electron chi connectivity index (χ4n) is 4.31. The van der Waals surface area contributed by atoms with Crippen LogP contribution in [0.3, 0.4) is 0 Å². The van der Waals surface area contributed by atoms with Crippen molar-refractivity contribution in [2.45, 2.75) is 20.0 Å². The molecule has 0 fully saturated rings. The molecule has 10 nitrogen and oxygen atoms in total. The van der Waals surface area contributed by atoms with Crippen molar-refractivity contribution in [2.75, 3.05) is 0 Å². The molecule has 0 amide bonds. The Morgan fingerprint density at radius 1 is 0.750 bits per heavy atom. The van der Waals surface area contributed by atoms with Crippen molar-refractivity contribution in [1.29, 1.82) is 0 Å². The zero-order chi connectivity index (χ0) is 27.5. The molecule has 40 heavy (non-hydrogen) atoms. The van der Waals surface area contributed by atoms with E-state index in [2.05, 4.69) is 0 Å². The molecule has 2 aromatic heterocycles. The van der Waals surface area contributed by atoms with Crippen molar-refractivity contribution < 1.29 is 79.1 Å². The smallest absolute Gasteiger partial charge is 1.00 e. The van der Waals surface area contributed by atoms with Crippen LogP contribution in [0.5, 0.6) is 11.5 Å². The van der Waals surface area contributed by atoms with Crippen molar-refractivity contribution in [3.05, 3.63) is 105 Å². The summed E-state index contributed by atoms with van der Waals surface area (Å²) in [5.74, 6) is -2.94. The summed E-state index contributed by atoms with van der Waals surface area (Å²) < 4.78 is 10.4. The van der Waals surface area contributed by atoms with Crippen molar-refractivity contribution in [3.63, 3.8) is 0 Å². The van der Waals surface area contributed by atoms with Crippen LogP contribution in [0.2, 0.25) is 0 Å². The van der Waals surface area contributed by atoms with Gasteiger partial charge in [-0.3, -0.25) is 24.0 Å². The Morgan fingerprint density at radius 3 is 1.65 bits per heavy atom. The molecule has 2 aromatic carbocycles. The molecule has 3 radical (unpaired) electrons. The van der Waals surface area contributed by atoms with Crippen LogP contribution >= 0.6 is 0 Å². The van der Waals surface area contributed by atoms with Crippen molar-refractivity contribution in [3.8, 4) is 11.5 Å². The van der Waals surface area contributed by atoms with Crippen LogP contribution in [-0.4, -0.2) is 52.6 Å². The quantitative estimate of drug-likeness (QED) is 0.204. The number of hydrogen-bond acceptors (Lipinski definition) is 10. The molecule has 2 heterocycles. The molecule has 2 aliphatic carbocycles. The topological polar surface area (TPSA) is 172 Å². The zero-order valence-corrected chi connectivity index (χ0v) is 23.5. The Kier molecular flexibility index (Phi) is 8.56. The summed E-state index contributed by atoms with van der Waals surface area (Å²) in [7, 11) is 0. The Hall–Kier alpha value is -4.03. The summed E-state index contributed by atoms with van der Waals surface area (Å²) in [6.45, 7) is 2.76. The van der Waals surface area contributed by atoms with Gasteiger partial charge in [-0.25, -0.2) is 0 Å². The van der Waals surface area contributed by atoms with E-state index in [9.17, 15) is 39.3 Å². The van der Waals surface area contributed by atoms with Crippen LogP contribution in [0.15, 0.2) is 57.4 Å². The molecule has 6 rings (SSSR count). The van der Waals surface area contributed by atoms with E-state index < -0.39 is 29.2 Å². The second-order valence-electron chi connectivity index (χ2n) is 8.69. The molecule has 4 aromatic rings. The van der Waals surface area contributed by atoms with Gasteiger partial charge in [0.15, 0.2) is 23.1 Å². The minimum absolute atomic E-state index is 0. The first-order valence-corrected chi connectivity index (χ1v) is 11.3. The molecule has 2 aliphatic rings. The molecule has 3 N–H and O–H groups in total. The number of aromatic hydroxyl groups is 2. The predicted molar refractivity (Wildman–Crippen MR) is 135 cm³/mol. The number of ketones is 5. The number of phenolic OH excluding ortho intramolecular Hbond substituents is 2. The third-order valence-corrected chi connectivity index (χ3v) is 6.17. The first kappa shape index (κ1) is 30.5. The maximum Gasteiger partial charge on any atom is 1.00 e. The minimum atomic E-state index is -0.914. The van der Waals surface area contributed by atoms with E-state index in [1.165, 1.54) is 62.4 Å². The van der Waals surface area contributed by atoms with E-state index in [0.29, 0.717) is 0 Å². The number of aliphatic hydroxyl groups excluding tert-OH is 1. The minimum Gasteiger partial charge on any atom is -1.00 e. The number of carbonyl (C=O) groups is 5. The van der Waals surface area contributed by atoms with Crippen LogP contribution in [0, 0.1) is 0 Å². The van der Waals surface area contributed by atoms with Crippen LogP contribution in [0.4, 0.5) is 0 Å². The van der Waals surface area contributed by atoms with E-state index in [0.717, 1.165) is 0 Å². The Morgan fingerprint density at radius 2 is 1.20 bits per heavy atom. The normalized spacial score (nSPS) is 13.4. The van der Waals surface area contributed by atoms with Crippen LogP contribution in [0.1, 0.15) is 102 Å².